The van der Waals surface area contributed by atoms with Gasteiger partial charge >= 0.3 is 5.97 Å². The molecule has 2 atom stereocenters. The highest BCUT2D eigenvalue weighted by atomic mass is 16.4. The first-order chi connectivity index (χ1) is 11.5. The fourth-order valence-corrected chi connectivity index (χ4v) is 2.02. The number of benzene rings is 1. The Balaban J connectivity index is 3.12. The molecule has 6 N–H and O–H groups in total. The molecule has 0 aromatic heterocycles. The molecule has 2 unspecified atom stereocenters. The van der Waals surface area contributed by atoms with Gasteiger partial charge in [-0.25, -0.2) is 4.79 Å². The zero-order chi connectivity index (χ0) is 19.3. The van der Waals surface area contributed by atoms with E-state index in [1.807, 2.05) is 0 Å². The van der Waals surface area contributed by atoms with Crippen LogP contribution < -0.4 is 5.32 Å². The standard InChI is InChI=1S/C17H21NO7/c1-8(14(21)7-15(22)9(2)17(24)25)16(23)11-4-12(18-10(3)19)6-13(20)5-11/h4-8,16,20-23H,1-3H3,(H,18,19)(H,24,25)/b14-7+,15-9+. The highest BCUT2D eigenvalue weighted by Gasteiger charge is 2.22. The minimum Gasteiger partial charge on any atom is -0.512 e. The summed E-state index contributed by atoms with van der Waals surface area (Å²) in [5.41, 5.74) is 0.120. The molecule has 0 bridgehead atoms. The van der Waals surface area contributed by atoms with Crippen LogP contribution in [0, 0.1) is 5.92 Å². The van der Waals surface area contributed by atoms with Gasteiger partial charge in [-0.3, -0.25) is 4.79 Å². The molecule has 8 nitrogen and oxygen atoms in total. The molecule has 1 aromatic carbocycles. The van der Waals surface area contributed by atoms with Crippen LogP contribution in [0.25, 0.3) is 0 Å². The lowest BCUT2D eigenvalue weighted by atomic mass is 9.94. The van der Waals surface area contributed by atoms with E-state index in [-0.39, 0.29) is 28.5 Å². The molecule has 0 spiro atoms. The van der Waals surface area contributed by atoms with Gasteiger partial charge in [0.1, 0.15) is 17.3 Å². The van der Waals surface area contributed by atoms with Crippen LogP contribution in [0.1, 0.15) is 32.4 Å². The number of aliphatic carboxylic acids is 1. The number of aliphatic hydroxyl groups excluding tert-OH is 3. The molecule has 0 heterocycles. The summed E-state index contributed by atoms with van der Waals surface area (Å²) in [6, 6.07) is 3.98. The maximum absolute atomic E-state index is 11.1. The molecule has 0 radical (unpaired) electrons. The summed E-state index contributed by atoms with van der Waals surface area (Å²) in [6.45, 7) is 3.90. The summed E-state index contributed by atoms with van der Waals surface area (Å²) in [7, 11) is 0. The lowest BCUT2D eigenvalue weighted by molar-refractivity contribution is -0.132. The summed E-state index contributed by atoms with van der Waals surface area (Å²) in [5.74, 6) is -3.91. The summed E-state index contributed by atoms with van der Waals surface area (Å²) in [6.07, 6.45) is -0.441. The quantitative estimate of drug-likeness (QED) is 0.262. The number of carbonyl (C=O) groups is 2. The van der Waals surface area contributed by atoms with Crippen LogP contribution in [-0.2, 0) is 9.59 Å². The molecular formula is C17H21NO7. The molecule has 1 rings (SSSR count). The minimum absolute atomic E-state index is 0.194. The van der Waals surface area contributed by atoms with Crippen molar-refractivity contribution in [1.29, 1.82) is 0 Å². The lowest BCUT2D eigenvalue weighted by Gasteiger charge is -2.20. The number of phenolic OH excluding ortho intramolecular Hbond substituents is 1. The maximum atomic E-state index is 11.1. The number of aliphatic hydroxyl groups is 3. The van der Waals surface area contributed by atoms with E-state index < -0.39 is 29.5 Å². The van der Waals surface area contributed by atoms with Crippen molar-refractivity contribution in [3.8, 4) is 5.75 Å². The van der Waals surface area contributed by atoms with Gasteiger partial charge in [0, 0.05) is 30.7 Å². The van der Waals surface area contributed by atoms with Crippen molar-refractivity contribution < 1.29 is 35.1 Å². The Hall–Kier alpha value is -3.00. The normalized spacial score (nSPS) is 15.1. The number of nitrogens with one attached hydrogen (secondary N) is 1. The molecular weight excluding hydrogens is 330 g/mol. The predicted octanol–water partition coefficient (Wildman–Crippen LogP) is 2.38. The number of carboxylic acids is 1. The lowest BCUT2D eigenvalue weighted by Crippen LogP contribution is -2.13. The Labute approximate surface area is 144 Å². The Morgan fingerprint density at radius 1 is 1.12 bits per heavy atom. The SMILES string of the molecule is CC(=O)Nc1cc(O)cc(C(O)C(C)/C(O)=C\C(O)=C(\C)C(=O)O)c1. The van der Waals surface area contributed by atoms with Gasteiger partial charge in [0.15, 0.2) is 0 Å². The van der Waals surface area contributed by atoms with Crippen molar-refractivity contribution in [2.24, 2.45) is 5.92 Å². The monoisotopic (exact) mass is 351 g/mol. The van der Waals surface area contributed by atoms with Crippen LogP contribution in [0.5, 0.6) is 5.75 Å². The van der Waals surface area contributed by atoms with Crippen LogP contribution in [0.2, 0.25) is 0 Å². The number of carboxylic acid groups (broad SMARTS) is 1. The van der Waals surface area contributed by atoms with Gasteiger partial charge < -0.3 is 30.8 Å². The number of amides is 1. The van der Waals surface area contributed by atoms with Gasteiger partial charge in [-0.05, 0) is 24.6 Å². The third-order valence-electron chi connectivity index (χ3n) is 3.53. The summed E-state index contributed by atoms with van der Waals surface area (Å²) < 4.78 is 0. The topological polar surface area (TPSA) is 147 Å². The van der Waals surface area contributed by atoms with E-state index in [9.17, 15) is 30.0 Å². The fourth-order valence-electron chi connectivity index (χ4n) is 2.02. The Kier molecular flexibility index (Phi) is 6.58. The maximum Gasteiger partial charge on any atom is 0.335 e. The summed E-state index contributed by atoms with van der Waals surface area (Å²) in [5, 5.41) is 51.0. The molecule has 25 heavy (non-hydrogen) atoms. The molecule has 136 valence electrons. The number of anilines is 1. The largest absolute Gasteiger partial charge is 0.512 e. The smallest absolute Gasteiger partial charge is 0.335 e. The van der Waals surface area contributed by atoms with E-state index in [0.717, 1.165) is 13.0 Å². The highest BCUT2D eigenvalue weighted by Crippen LogP contribution is 2.31. The van der Waals surface area contributed by atoms with E-state index in [1.165, 1.54) is 32.0 Å². The number of hydrogen-bond acceptors (Lipinski definition) is 6. The molecule has 0 aliphatic rings. The number of aromatic hydroxyl groups is 1. The second kappa shape index (κ2) is 8.20. The average molecular weight is 351 g/mol. The fraction of sp³-hybridized carbons (Fsp3) is 0.294. The Morgan fingerprint density at radius 2 is 1.72 bits per heavy atom. The van der Waals surface area contributed by atoms with Crippen LogP contribution in [0.4, 0.5) is 5.69 Å². The molecule has 0 fully saturated rings. The van der Waals surface area contributed by atoms with Crippen LogP contribution in [0.3, 0.4) is 0 Å². The molecule has 0 aliphatic carbocycles. The van der Waals surface area contributed by atoms with E-state index >= 15 is 0 Å². The van der Waals surface area contributed by atoms with Gasteiger partial charge in [0.05, 0.1) is 11.7 Å². The summed E-state index contributed by atoms with van der Waals surface area (Å²) >= 11 is 0. The Morgan fingerprint density at radius 3 is 2.24 bits per heavy atom. The second-order valence-corrected chi connectivity index (χ2v) is 5.61. The molecule has 8 heteroatoms. The Bertz CT molecular complexity index is 737. The van der Waals surface area contributed by atoms with Crippen molar-refractivity contribution in [3.63, 3.8) is 0 Å². The second-order valence-electron chi connectivity index (χ2n) is 5.61. The van der Waals surface area contributed by atoms with Crippen LogP contribution in [0.15, 0.2) is 41.4 Å². The minimum atomic E-state index is -1.34. The third-order valence-corrected chi connectivity index (χ3v) is 3.53. The van der Waals surface area contributed by atoms with Gasteiger partial charge in [0.2, 0.25) is 5.91 Å². The number of hydrogen-bond donors (Lipinski definition) is 6. The molecule has 0 saturated carbocycles. The van der Waals surface area contributed by atoms with Crippen molar-refractivity contribution in [1.82, 2.24) is 0 Å². The van der Waals surface area contributed by atoms with Crippen LogP contribution >= 0.6 is 0 Å². The van der Waals surface area contributed by atoms with E-state index in [2.05, 4.69) is 5.32 Å². The molecule has 0 aliphatic heterocycles. The number of rotatable bonds is 6. The molecule has 1 aromatic rings. The molecule has 0 saturated heterocycles. The number of allylic oxidation sites excluding steroid dienone is 1. The van der Waals surface area contributed by atoms with E-state index in [0.29, 0.717) is 0 Å². The molecule has 1 amide bonds. The zero-order valence-corrected chi connectivity index (χ0v) is 14.0. The first-order valence-corrected chi connectivity index (χ1v) is 7.36. The van der Waals surface area contributed by atoms with Gasteiger partial charge in [-0.2, -0.15) is 0 Å². The van der Waals surface area contributed by atoms with Gasteiger partial charge in [-0.15, -0.1) is 0 Å². The first-order valence-electron chi connectivity index (χ1n) is 7.36. The van der Waals surface area contributed by atoms with E-state index in [4.69, 9.17) is 5.11 Å². The van der Waals surface area contributed by atoms with Crippen LogP contribution in [-0.4, -0.2) is 37.4 Å². The van der Waals surface area contributed by atoms with Crippen molar-refractivity contribution in [3.05, 3.63) is 46.9 Å². The zero-order valence-electron chi connectivity index (χ0n) is 14.0. The third kappa shape index (κ3) is 5.54. The van der Waals surface area contributed by atoms with Crippen molar-refractivity contribution >= 4 is 17.6 Å². The predicted molar refractivity (Wildman–Crippen MR) is 90.2 cm³/mol. The van der Waals surface area contributed by atoms with Crippen molar-refractivity contribution in [2.45, 2.75) is 26.9 Å². The first kappa shape index (κ1) is 20.0. The number of carbonyl (C=O) groups excluding carboxylic acids is 1. The van der Waals surface area contributed by atoms with Crippen molar-refractivity contribution in [2.75, 3.05) is 5.32 Å². The van der Waals surface area contributed by atoms with Gasteiger partial charge in [0.25, 0.3) is 0 Å². The highest BCUT2D eigenvalue weighted by molar-refractivity contribution is 5.89. The van der Waals surface area contributed by atoms with E-state index in [1.54, 1.807) is 0 Å². The summed E-state index contributed by atoms with van der Waals surface area (Å²) in [4.78, 5) is 21.9. The average Bonchev–Trinajstić information content (AvgIpc) is 2.50. The van der Waals surface area contributed by atoms with Gasteiger partial charge in [-0.1, -0.05) is 6.92 Å². The number of phenols is 1.